The maximum Gasteiger partial charge on any atom is 0.230 e. The van der Waals surface area contributed by atoms with Crippen molar-refractivity contribution < 1.29 is 4.74 Å². The van der Waals surface area contributed by atoms with E-state index in [0.717, 1.165) is 20.2 Å². The molecule has 2 rings (SSSR count). The molecule has 0 amide bonds. The predicted octanol–water partition coefficient (Wildman–Crippen LogP) is 4.30. The van der Waals surface area contributed by atoms with Gasteiger partial charge in [0.1, 0.15) is 11.6 Å². The third-order valence-electron chi connectivity index (χ3n) is 2.68. The molecule has 2 aromatic rings. The van der Waals surface area contributed by atoms with Crippen molar-refractivity contribution in [3.8, 4) is 11.6 Å². The molecular weight excluding hydrogens is 386 g/mol. The summed E-state index contributed by atoms with van der Waals surface area (Å²) < 4.78 is 7.55. The van der Waals surface area contributed by atoms with Gasteiger partial charge in [-0.15, -0.1) is 0 Å². The number of aryl methyl sites for hydroxylation is 2. The van der Waals surface area contributed by atoms with Crippen LogP contribution in [0.3, 0.4) is 0 Å². The van der Waals surface area contributed by atoms with Crippen LogP contribution in [0, 0.1) is 19.3 Å². The van der Waals surface area contributed by atoms with E-state index in [1.165, 1.54) is 0 Å². The van der Waals surface area contributed by atoms with Gasteiger partial charge in [-0.1, -0.05) is 15.9 Å². The van der Waals surface area contributed by atoms with E-state index in [1.54, 1.807) is 0 Å². The third-order valence-corrected chi connectivity index (χ3v) is 3.79. The Hall–Kier alpha value is -1.40. The number of ether oxygens (including phenoxy) is 1. The molecule has 0 bridgehead atoms. The second-order valence-electron chi connectivity index (χ2n) is 4.35. The zero-order valence-corrected chi connectivity index (χ0v) is 14.2. The first-order valence-electron chi connectivity index (χ1n) is 5.84. The van der Waals surface area contributed by atoms with Gasteiger partial charge in [0.25, 0.3) is 0 Å². The molecular formula is C14H13Br2N3O. The minimum absolute atomic E-state index is 0.0572. The molecule has 1 aromatic carbocycles. The van der Waals surface area contributed by atoms with Crippen LogP contribution in [-0.2, 0) is 0 Å². The molecule has 0 saturated heterocycles. The number of nitrogens with two attached hydrogens (primary N) is 1. The molecule has 20 heavy (non-hydrogen) atoms. The fourth-order valence-corrected chi connectivity index (χ4v) is 2.99. The molecule has 0 spiro atoms. The SMILES string of the molecule is Cc1cc(C)c(C(=N)N)c(Oc2ccc(Br)cc2Br)n1. The van der Waals surface area contributed by atoms with Crippen LogP contribution in [0.4, 0.5) is 0 Å². The van der Waals surface area contributed by atoms with Crippen LogP contribution in [0.25, 0.3) is 0 Å². The monoisotopic (exact) mass is 397 g/mol. The number of hydrogen-bond donors (Lipinski definition) is 2. The largest absolute Gasteiger partial charge is 0.437 e. The summed E-state index contributed by atoms with van der Waals surface area (Å²) in [6.45, 7) is 3.76. The summed E-state index contributed by atoms with van der Waals surface area (Å²) in [5, 5.41) is 7.68. The van der Waals surface area contributed by atoms with E-state index >= 15 is 0 Å². The minimum Gasteiger partial charge on any atom is -0.437 e. The molecule has 0 aliphatic rings. The summed E-state index contributed by atoms with van der Waals surface area (Å²) in [5.74, 6) is 0.907. The average Bonchev–Trinajstić information content (AvgIpc) is 2.31. The van der Waals surface area contributed by atoms with Crippen molar-refractivity contribution in [1.29, 1.82) is 5.41 Å². The summed E-state index contributed by atoms with van der Waals surface area (Å²) in [5.41, 5.74) is 7.83. The number of hydrogen-bond acceptors (Lipinski definition) is 3. The number of rotatable bonds is 3. The van der Waals surface area contributed by atoms with Gasteiger partial charge in [0.15, 0.2) is 0 Å². The van der Waals surface area contributed by atoms with Gasteiger partial charge in [-0.3, -0.25) is 5.41 Å². The molecule has 0 aliphatic carbocycles. The van der Waals surface area contributed by atoms with Crippen molar-refractivity contribution in [1.82, 2.24) is 4.98 Å². The second-order valence-corrected chi connectivity index (χ2v) is 6.12. The van der Waals surface area contributed by atoms with Crippen molar-refractivity contribution in [3.63, 3.8) is 0 Å². The third kappa shape index (κ3) is 3.19. The van der Waals surface area contributed by atoms with Crippen LogP contribution in [0.15, 0.2) is 33.2 Å². The minimum atomic E-state index is -0.0572. The number of nitrogen functional groups attached to an aromatic ring is 1. The van der Waals surface area contributed by atoms with Crippen LogP contribution in [0.5, 0.6) is 11.6 Å². The molecule has 6 heteroatoms. The molecule has 0 unspecified atom stereocenters. The fourth-order valence-electron chi connectivity index (χ4n) is 1.87. The van der Waals surface area contributed by atoms with E-state index in [1.807, 2.05) is 38.1 Å². The zero-order chi connectivity index (χ0) is 14.9. The molecule has 4 nitrogen and oxygen atoms in total. The molecule has 0 atom stereocenters. The van der Waals surface area contributed by atoms with E-state index in [2.05, 4.69) is 36.8 Å². The first kappa shape index (κ1) is 15.0. The average molecular weight is 399 g/mol. The highest BCUT2D eigenvalue weighted by Gasteiger charge is 2.15. The Morgan fingerprint density at radius 2 is 1.95 bits per heavy atom. The lowest BCUT2D eigenvalue weighted by molar-refractivity contribution is 0.457. The van der Waals surface area contributed by atoms with Crippen molar-refractivity contribution in [3.05, 3.63) is 50.0 Å². The topological polar surface area (TPSA) is 72.0 Å². The van der Waals surface area contributed by atoms with Crippen LogP contribution in [-0.4, -0.2) is 10.8 Å². The molecule has 0 radical (unpaired) electrons. The van der Waals surface area contributed by atoms with Crippen molar-refractivity contribution in [2.75, 3.05) is 0 Å². The Kier molecular flexibility index (Phi) is 4.45. The molecule has 0 saturated carbocycles. The Morgan fingerprint density at radius 3 is 2.55 bits per heavy atom. The fraction of sp³-hybridized carbons (Fsp3) is 0.143. The summed E-state index contributed by atoms with van der Waals surface area (Å²) in [6.07, 6.45) is 0. The van der Waals surface area contributed by atoms with E-state index < -0.39 is 0 Å². The lowest BCUT2D eigenvalue weighted by Crippen LogP contribution is -2.15. The van der Waals surface area contributed by atoms with E-state index in [0.29, 0.717) is 17.2 Å². The number of benzene rings is 1. The van der Waals surface area contributed by atoms with E-state index in [-0.39, 0.29) is 5.84 Å². The molecule has 0 aliphatic heterocycles. The number of amidine groups is 1. The predicted molar refractivity (Wildman–Crippen MR) is 86.6 cm³/mol. The highest BCUT2D eigenvalue weighted by molar-refractivity contribution is 9.11. The van der Waals surface area contributed by atoms with Gasteiger partial charge in [0.05, 0.1) is 10.0 Å². The smallest absolute Gasteiger partial charge is 0.230 e. The molecule has 3 N–H and O–H groups in total. The zero-order valence-electron chi connectivity index (χ0n) is 11.0. The number of aromatic nitrogens is 1. The number of pyridine rings is 1. The Labute approximate surface area is 134 Å². The maximum absolute atomic E-state index is 7.68. The lowest BCUT2D eigenvalue weighted by Gasteiger charge is -2.13. The Morgan fingerprint density at radius 1 is 1.25 bits per heavy atom. The van der Waals surface area contributed by atoms with Gasteiger partial charge in [0, 0.05) is 10.2 Å². The van der Waals surface area contributed by atoms with Crippen LogP contribution < -0.4 is 10.5 Å². The quantitative estimate of drug-likeness (QED) is 0.597. The second kappa shape index (κ2) is 5.93. The standard InChI is InChI=1S/C14H13Br2N3O/c1-7-5-8(2)19-14(12(7)13(17)18)20-11-4-3-9(15)6-10(11)16/h3-6H,1-2H3,(H3,17,18). The normalized spacial score (nSPS) is 10.4. The number of nitrogens with one attached hydrogen (secondary N) is 1. The van der Waals surface area contributed by atoms with Crippen LogP contribution in [0.1, 0.15) is 16.8 Å². The number of halogens is 2. The van der Waals surface area contributed by atoms with Crippen molar-refractivity contribution >= 4 is 37.7 Å². The molecule has 0 fully saturated rings. The van der Waals surface area contributed by atoms with Gasteiger partial charge in [0.2, 0.25) is 5.88 Å². The van der Waals surface area contributed by atoms with Crippen LogP contribution in [0.2, 0.25) is 0 Å². The lowest BCUT2D eigenvalue weighted by atomic mass is 10.1. The first-order chi connectivity index (χ1) is 9.38. The highest BCUT2D eigenvalue weighted by Crippen LogP contribution is 2.33. The highest BCUT2D eigenvalue weighted by atomic mass is 79.9. The Bertz CT molecular complexity index is 686. The summed E-state index contributed by atoms with van der Waals surface area (Å²) in [4.78, 5) is 4.34. The van der Waals surface area contributed by atoms with Crippen LogP contribution >= 0.6 is 31.9 Å². The van der Waals surface area contributed by atoms with Gasteiger partial charge in [-0.2, -0.15) is 0 Å². The van der Waals surface area contributed by atoms with Gasteiger partial charge < -0.3 is 10.5 Å². The van der Waals surface area contributed by atoms with Crippen molar-refractivity contribution in [2.24, 2.45) is 5.73 Å². The van der Waals surface area contributed by atoms with Crippen molar-refractivity contribution in [2.45, 2.75) is 13.8 Å². The van der Waals surface area contributed by atoms with Gasteiger partial charge in [-0.05, 0) is 59.6 Å². The molecule has 104 valence electrons. The van der Waals surface area contributed by atoms with Gasteiger partial charge in [-0.25, -0.2) is 4.98 Å². The van der Waals surface area contributed by atoms with Gasteiger partial charge >= 0.3 is 0 Å². The molecule has 1 heterocycles. The summed E-state index contributed by atoms with van der Waals surface area (Å²) in [6, 6.07) is 7.44. The van der Waals surface area contributed by atoms with E-state index in [4.69, 9.17) is 15.9 Å². The summed E-state index contributed by atoms with van der Waals surface area (Å²) >= 11 is 6.82. The van der Waals surface area contributed by atoms with E-state index in [9.17, 15) is 0 Å². The molecule has 1 aromatic heterocycles. The maximum atomic E-state index is 7.68. The first-order valence-corrected chi connectivity index (χ1v) is 7.42. The number of nitrogens with zero attached hydrogens (tertiary/aromatic N) is 1. The Balaban J connectivity index is 2.50. The summed E-state index contributed by atoms with van der Waals surface area (Å²) in [7, 11) is 0.